The SMILES string of the molecule is Cc1cccc(C)c1NC(=O)CNC(=O)C1CC12CCNCC2. The van der Waals surface area contributed by atoms with E-state index in [1.165, 1.54) is 0 Å². The fourth-order valence-corrected chi connectivity index (χ4v) is 3.68. The first-order valence-corrected chi connectivity index (χ1v) is 8.36. The molecule has 124 valence electrons. The molecule has 0 radical (unpaired) electrons. The smallest absolute Gasteiger partial charge is 0.243 e. The molecule has 1 aromatic rings. The summed E-state index contributed by atoms with van der Waals surface area (Å²) in [5, 5.41) is 9.04. The van der Waals surface area contributed by atoms with E-state index in [2.05, 4.69) is 16.0 Å². The van der Waals surface area contributed by atoms with Crippen molar-refractivity contribution in [3.05, 3.63) is 29.3 Å². The number of carbonyl (C=O) groups is 2. The summed E-state index contributed by atoms with van der Waals surface area (Å²) in [5.41, 5.74) is 3.10. The van der Waals surface area contributed by atoms with E-state index in [9.17, 15) is 9.59 Å². The Morgan fingerprint density at radius 1 is 1.22 bits per heavy atom. The zero-order valence-electron chi connectivity index (χ0n) is 13.9. The van der Waals surface area contributed by atoms with E-state index in [1.54, 1.807) is 0 Å². The van der Waals surface area contributed by atoms with Crippen LogP contribution in [0, 0.1) is 25.2 Å². The highest BCUT2D eigenvalue weighted by atomic mass is 16.2. The molecule has 0 bridgehead atoms. The van der Waals surface area contributed by atoms with Gasteiger partial charge in [0.15, 0.2) is 0 Å². The van der Waals surface area contributed by atoms with Gasteiger partial charge in [-0.1, -0.05) is 18.2 Å². The highest BCUT2D eigenvalue weighted by molar-refractivity contribution is 5.96. The number of anilines is 1. The van der Waals surface area contributed by atoms with E-state index in [-0.39, 0.29) is 29.7 Å². The predicted octanol–water partition coefficient (Wildman–Crippen LogP) is 1.75. The van der Waals surface area contributed by atoms with Crippen LogP contribution >= 0.6 is 0 Å². The Morgan fingerprint density at radius 3 is 2.52 bits per heavy atom. The standard InChI is InChI=1S/C18H25N3O2/c1-12-4-3-5-13(2)16(12)21-15(22)11-20-17(23)14-10-18(14)6-8-19-9-7-18/h3-5,14,19H,6-11H2,1-2H3,(H,20,23)(H,21,22). The Hall–Kier alpha value is -1.88. The summed E-state index contributed by atoms with van der Waals surface area (Å²) in [6.07, 6.45) is 3.11. The molecule has 0 aromatic heterocycles. The van der Waals surface area contributed by atoms with Gasteiger partial charge >= 0.3 is 0 Å². The minimum Gasteiger partial charge on any atom is -0.347 e. The van der Waals surface area contributed by atoms with E-state index >= 15 is 0 Å². The van der Waals surface area contributed by atoms with Crippen molar-refractivity contribution < 1.29 is 9.59 Å². The molecule has 1 spiro atoms. The Balaban J connectivity index is 1.49. The molecule has 5 nitrogen and oxygen atoms in total. The fourth-order valence-electron chi connectivity index (χ4n) is 3.68. The van der Waals surface area contributed by atoms with Crippen LogP contribution in [0.2, 0.25) is 0 Å². The Bertz CT molecular complexity index is 600. The maximum atomic E-state index is 12.3. The number of hydrogen-bond acceptors (Lipinski definition) is 3. The van der Waals surface area contributed by atoms with Gasteiger partial charge in [-0.2, -0.15) is 0 Å². The molecule has 2 amide bonds. The van der Waals surface area contributed by atoms with Gasteiger partial charge in [-0.05, 0) is 62.7 Å². The monoisotopic (exact) mass is 315 g/mol. The molecule has 3 N–H and O–H groups in total. The summed E-state index contributed by atoms with van der Waals surface area (Å²) in [4.78, 5) is 24.4. The molecule has 1 saturated carbocycles. The van der Waals surface area contributed by atoms with Crippen molar-refractivity contribution in [1.82, 2.24) is 10.6 Å². The first-order chi connectivity index (χ1) is 11.0. The molecule has 23 heavy (non-hydrogen) atoms. The van der Waals surface area contributed by atoms with Gasteiger partial charge in [-0.3, -0.25) is 9.59 Å². The first-order valence-electron chi connectivity index (χ1n) is 8.36. The lowest BCUT2D eigenvalue weighted by atomic mass is 9.92. The Labute approximate surface area is 137 Å². The van der Waals surface area contributed by atoms with Crippen molar-refractivity contribution in [3.8, 4) is 0 Å². The number of benzene rings is 1. The van der Waals surface area contributed by atoms with Gasteiger partial charge in [0.25, 0.3) is 0 Å². The average molecular weight is 315 g/mol. The minimum absolute atomic E-state index is 0.0311. The highest BCUT2D eigenvalue weighted by Gasteiger charge is 2.57. The maximum Gasteiger partial charge on any atom is 0.243 e. The lowest BCUT2D eigenvalue weighted by Gasteiger charge is -2.23. The van der Waals surface area contributed by atoms with Crippen LogP contribution in [0.5, 0.6) is 0 Å². The number of nitrogens with one attached hydrogen (secondary N) is 3. The number of hydrogen-bond donors (Lipinski definition) is 3. The van der Waals surface area contributed by atoms with Crippen LogP contribution in [0.4, 0.5) is 5.69 Å². The van der Waals surface area contributed by atoms with Gasteiger partial charge in [-0.15, -0.1) is 0 Å². The first kappa shape index (κ1) is 16.0. The quantitative estimate of drug-likeness (QED) is 0.793. The minimum atomic E-state index is -0.171. The number of carbonyl (C=O) groups excluding carboxylic acids is 2. The van der Waals surface area contributed by atoms with Crippen LogP contribution in [-0.4, -0.2) is 31.4 Å². The van der Waals surface area contributed by atoms with Crippen LogP contribution in [0.15, 0.2) is 18.2 Å². The van der Waals surface area contributed by atoms with Crippen molar-refractivity contribution in [3.63, 3.8) is 0 Å². The molecule has 2 aliphatic rings. The number of rotatable bonds is 4. The fraction of sp³-hybridized carbons (Fsp3) is 0.556. The summed E-state index contributed by atoms with van der Waals surface area (Å²) >= 11 is 0. The van der Waals surface area contributed by atoms with Crippen LogP contribution < -0.4 is 16.0 Å². The van der Waals surface area contributed by atoms with Crippen LogP contribution in [0.25, 0.3) is 0 Å². The largest absolute Gasteiger partial charge is 0.347 e. The third-order valence-electron chi connectivity index (χ3n) is 5.27. The van der Waals surface area contributed by atoms with E-state index < -0.39 is 0 Å². The molecule has 1 aliphatic carbocycles. The predicted molar refractivity (Wildman–Crippen MR) is 90.2 cm³/mol. The number of aryl methyl sites for hydroxylation is 2. The second kappa shape index (κ2) is 6.32. The average Bonchev–Trinajstić information content (AvgIpc) is 3.22. The van der Waals surface area contributed by atoms with Crippen molar-refractivity contribution in [2.24, 2.45) is 11.3 Å². The molecule has 1 heterocycles. The summed E-state index contributed by atoms with van der Waals surface area (Å²) in [6, 6.07) is 5.90. The number of para-hydroxylation sites is 1. The molecule has 2 fully saturated rings. The van der Waals surface area contributed by atoms with Crippen LogP contribution in [0.1, 0.15) is 30.4 Å². The zero-order chi connectivity index (χ0) is 16.4. The van der Waals surface area contributed by atoms with E-state index in [0.29, 0.717) is 0 Å². The Morgan fingerprint density at radius 2 is 1.87 bits per heavy atom. The second-order valence-corrected chi connectivity index (χ2v) is 6.90. The third kappa shape index (κ3) is 3.39. The molecular weight excluding hydrogens is 290 g/mol. The zero-order valence-corrected chi connectivity index (χ0v) is 13.9. The molecule has 3 rings (SSSR count). The topological polar surface area (TPSA) is 70.2 Å². The van der Waals surface area contributed by atoms with Gasteiger partial charge in [0.2, 0.25) is 11.8 Å². The van der Waals surface area contributed by atoms with Crippen LogP contribution in [0.3, 0.4) is 0 Å². The molecule has 1 aliphatic heterocycles. The lowest BCUT2D eigenvalue weighted by molar-refractivity contribution is -0.125. The lowest BCUT2D eigenvalue weighted by Crippen LogP contribution is -2.37. The maximum absolute atomic E-state index is 12.3. The molecule has 5 heteroatoms. The summed E-state index contributed by atoms with van der Waals surface area (Å²) in [7, 11) is 0. The van der Waals surface area contributed by atoms with Gasteiger partial charge in [0, 0.05) is 11.6 Å². The molecule has 1 atom stereocenters. The van der Waals surface area contributed by atoms with E-state index in [4.69, 9.17) is 0 Å². The van der Waals surface area contributed by atoms with Crippen LogP contribution in [-0.2, 0) is 9.59 Å². The van der Waals surface area contributed by atoms with Gasteiger partial charge < -0.3 is 16.0 Å². The van der Waals surface area contributed by atoms with Gasteiger partial charge in [0.05, 0.1) is 6.54 Å². The van der Waals surface area contributed by atoms with Crippen molar-refractivity contribution in [1.29, 1.82) is 0 Å². The molecular formula is C18H25N3O2. The van der Waals surface area contributed by atoms with E-state index in [1.807, 2.05) is 32.0 Å². The summed E-state index contributed by atoms with van der Waals surface area (Å²) in [5.74, 6) is -0.0445. The van der Waals surface area contributed by atoms with Crippen molar-refractivity contribution >= 4 is 17.5 Å². The van der Waals surface area contributed by atoms with Gasteiger partial charge in [0.1, 0.15) is 0 Å². The second-order valence-electron chi connectivity index (χ2n) is 6.90. The Kier molecular flexibility index (Phi) is 4.39. The summed E-state index contributed by atoms with van der Waals surface area (Å²) < 4.78 is 0. The van der Waals surface area contributed by atoms with E-state index in [0.717, 1.165) is 49.2 Å². The molecule has 1 aromatic carbocycles. The summed E-state index contributed by atoms with van der Waals surface area (Å²) in [6.45, 7) is 5.96. The molecule has 1 unspecified atom stereocenters. The number of amides is 2. The normalized spacial score (nSPS) is 21.7. The molecule has 1 saturated heterocycles. The number of piperidine rings is 1. The highest BCUT2D eigenvalue weighted by Crippen LogP contribution is 2.58. The van der Waals surface area contributed by atoms with Crippen molar-refractivity contribution in [2.75, 3.05) is 25.0 Å². The van der Waals surface area contributed by atoms with Gasteiger partial charge in [-0.25, -0.2) is 0 Å². The third-order valence-corrected chi connectivity index (χ3v) is 5.27. The van der Waals surface area contributed by atoms with Crippen molar-refractivity contribution in [2.45, 2.75) is 33.1 Å².